The van der Waals surface area contributed by atoms with Crippen molar-refractivity contribution in [1.82, 2.24) is 0 Å². The normalized spacial score (nSPS) is 11.6. The average molecular weight is 287 g/mol. The van der Waals surface area contributed by atoms with Gasteiger partial charge in [0.1, 0.15) is 18.1 Å². The summed E-state index contributed by atoms with van der Waals surface area (Å²) in [4.78, 5) is 0. The smallest absolute Gasteiger partial charge is 0.155 e. The number of rotatable bonds is 7. The lowest BCUT2D eigenvalue weighted by Gasteiger charge is -2.13. The van der Waals surface area contributed by atoms with Gasteiger partial charge in [-0.05, 0) is 19.9 Å². The zero-order valence-corrected chi connectivity index (χ0v) is 12.4. The van der Waals surface area contributed by atoms with Gasteiger partial charge >= 0.3 is 0 Å². The summed E-state index contributed by atoms with van der Waals surface area (Å²) in [6, 6.07) is 5.31. The molecule has 0 aliphatic carbocycles. The number of nitrogens with two attached hydrogens (primary N) is 1. The number of hydrogen-bond acceptors (Lipinski definition) is 5. The predicted molar refractivity (Wildman–Crippen MR) is 75.3 cm³/mol. The van der Waals surface area contributed by atoms with Crippen LogP contribution in [-0.2, 0) is 16.4 Å². The molecule has 0 unspecified atom stereocenters. The first-order valence-electron chi connectivity index (χ1n) is 6.12. The second-order valence-corrected chi connectivity index (χ2v) is 7.12. The molecule has 0 heterocycles. The maximum atomic E-state index is 11.7. The summed E-state index contributed by atoms with van der Waals surface area (Å²) in [7, 11) is -1.53. The molecule has 6 heteroatoms. The molecule has 5 nitrogen and oxygen atoms in total. The van der Waals surface area contributed by atoms with E-state index in [1.165, 1.54) is 0 Å². The molecule has 108 valence electrons. The molecule has 0 bridgehead atoms. The zero-order chi connectivity index (χ0) is 14.5. The maximum absolute atomic E-state index is 11.7. The van der Waals surface area contributed by atoms with E-state index < -0.39 is 15.1 Å². The third-order valence-corrected chi connectivity index (χ3v) is 5.01. The summed E-state index contributed by atoms with van der Waals surface area (Å²) in [5.41, 5.74) is 6.43. The number of ether oxygens (including phenoxy) is 2. The molecule has 0 radical (unpaired) electrons. The Balaban J connectivity index is 2.72. The van der Waals surface area contributed by atoms with Crippen molar-refractivity contribution in [3.05, 3.63) is 23.8 Å². The van der Waals surface area contributed by atoms with E-state index >= 15 is 0 Å². The Morgan fingerprint density at radius 1 is 1.32 bits per heavy atom. The van der Waals surface area contributed by atoms with E-state index in [0.29, 0.717) is 18.0 Å². The van der Waals surface area contributed by atoms with Crippen molar-refractivity contribution < 1.29 is 17.9 Å². The summed E-state index contributed by atoms with van der Waals surface area (Å²) in [6.07, 6.45) is 0. The molecule has 0 saturated heterocycles. The van der Waals surface area contributed by atoms with Crippen LogP contribution in [0.5, 0.6) is 11.5 Å². The van der Waals surface area contributed by atoms with E-state index in [0.717, 1.165) is 5.56 Å². The van der Waals surface area contributed by atoms with E-state index in [2.05, 4.69) is 0 Å². The van der Waals surface area contributed by atoms with Gasteiger partial charge < -0.3 is 15.2 Å². The molecule has 0 fully saturated rings. The molecule has 0 amide bonds. The average Bonchev–Trinajstić information content (AvgIpc) is 2.38. The monoisotopic (exact) mass is 287 g/mol. The highest BCUT2D eigenvalue weighted by atomic mass is 32.2. The molecule has 1 aromatic rings. The fourth-order valence-corrected chi connectivity index (χ4v) is 2.26. The van der Waals surface area contributed by atoms with E-state index in [9.17, 15) is 8.42 Å². The standard InChI is InChI=1S/C13H21NO4S/c1-10(2)19(15,16)7-6-18-13-8-12(17-3)5-4-11(13)9-14/h4-5,8,10H,6-7,9,14H2,1-3H3. The van der Waals surface area contributed by atoms with Crippen LogP contribution in [0, 0.1) is 0 Å². The largest absolute Gasteiger partial charge is 0.497 e. The van der Waals surface area contributed by atoms with Crippen LogP contribution in [0.15, 0.2) is 18.2 Å². The van der Waals surface area contributed by atoms with E-state index in [1.807, 2.05) is 6.07 Å². The predicted octanol–water partition coefficient (Wildman–Crippen LogP) is 1.36. The first-order valence-corrected chi connectivity index (χ1v) is 7.83. The minimum absolute atomic E-state index is 0.00805. The third kappa shape index (κ3) is 4.40. The molecular formula is C13H21NO4S. The van der Waals surface area contributed by atoms with Crippen LogP contribution in [0.4, 0.5) is 0 Å². The van der Waals surface area contributed by atoms with Crippen molar-refractivity contribution in [2.24, 2.45) is 5.73 Å². The molecule has 1 aromatic carbocycles. The molecule has 2 N–H and O–H groups in total. The highest BCUT2D eigenvalue weighted by Gasteiger charge is 2.16. The van der Waals surface area contributed by atoms with Crippen LogP contribution >= 0.6 is 0 Å². The fraction of sp³-hybridized carbons (Fsp3) is 0.538. The summed E-state index contributed by atoms with van der Waals surface area (Å²) in [5, 5.41) is -0.393. The van der Waals surface area contributed by atoms with Crippen LogP contribution < -0.4 is 15.2 Å². The number of methoxy groups -OCH3 is 1. The van der Waals surface area contributed by atoms with Crippen LogP contribution in [-0.4, -0.2) is 33.1 Å². The quantitative estimate of drug-likeness (QED) is 0.819. The van der Waals surface area contributed by atoms with Crippen LogP contribution in [0.1, 0.15) is 19.4 Å². The van der Waals surface area contributed by atoms with Crippen molar-refractivity contribution in [2.75, 3.05) is 19.5 Å². The first-order chi connectivity index (χ1) is 8.90. The Morgan fingerprint density at radius 3 is 2.53 bits per heavy atom. The van der Waals surface area contributed by atoms with Crippen molar-refractivity contribution >= 4 is 9.84 Å². The molecule has 0 aliphatic rings. The first kappa shape index (κ1) is 15.8. The summed E-state index contributed by atoms with van der Waals surface area (Å²) in [6.45, 7) is 3.76. The van der Waals surface area contributed by atoms with Gasteiger partial charge in [-0.1, -0.05) is 6.07 Å². The lowest BCUT2D eigenvalue weighted by molar-refractivity contribution is 0.333. The van der Waals surface area contributed by atoms with Crippen LogP contribution in [0.25, 0.3) is 0 Å². The van der Waals surface area contributed by atoms with Crippen LogP contribution in [0.2, 0.25) is 0 Å². The Morgan fingerprint density at radius 2 is 2.00 bits per heavy atom. The Kier molecular flexibility index (Phi) is 5.62. The molecule has 0 spiro atoms. The van der Waals surface area contributed by atoms with Gasteiger partial charge in [0.2, 0.25) is 0 Å². The van der Waals surface area contributed by atoms with Gasteiger partial charge in [0.05, 0.1) is 18.1 Å². The van der Waals surface area contributed by atoms with Gasteiger partial charge in [-0.25, -0.2) is 8.42 Å². The van der Waals surface area contributed by atoms with Gasteiger partial charge in [-0.3, -0.25) is 0 Å². The van der Waals surface area contributed by atoms with E-state index in [-0.39, 0.29) is 12.4 Å². The topological polar surface area (TPSA) is 78.6 Å². The molecule has 0 aliphatic heterocycles. The SMILES string of the molecule is COc1ccc(CN)c(OCCS(=O)(=O)C(C)C)c1. The number of benzene rings is 1. The highest BCUT2D eigenvalue weighted by Crippen LogP contribution is 2.24. The summed E-state index contributed by atoms with van der Waals surface area (Å²) >= 11 is 0. The van der Waals surface area contributed by atoms with Crippen molar-refractivity contribution in [3.8, 4) is 11.5 Å². The van der Waals surface area contributed by atoms with Gasteiger partial charge in [0, 0.05) is 18.2 Å². The number of hydrogen-bond donors (Lipinski definition) is 1. The Labute approximate surface area is 114 Å². The lowest BCUT2D eigenvalue weighted by atomic mass is 10.2. The van der Waals surface area contributed by atoms with E-state index in [1.54, 1.807) is 33.1 Å². The lowest BCUT2D eigenvalue weighted by Crippen LogP contribution is -2.22. The second kappa shape index (κ2) is 6.77. The van der Waals surface area contributed by atoms with Crippen molar-refractivity contribution in [1.29, 1.82) is 0 Å². The van der Waals surface area contributed by atoms with Crippen molar-refractivity contribution in [2.45, 2.75) is 25.6 Å². The fourth-order valence-electron chi connectivity index (χ4n) is 1.47. The minimum atomic E-state index is -3.09. The molecule has 19 heavy (non-hydrogen) atoms. The highest BCUT2D eigenvalue weighted by molar-refractivity contribution is 7.91. The minimum Gasteiger partial charge on any atom is -0.497 e. The second-order valence-electron chi connectivity index (χ2n) is 4.44. The molecule has 0 aromatic heterocycles. The molecular weight excluding hydrogens is 266 g/mol. The Hall–Kier alpha value is -1.27. The summed E-state index contributed by atoms with van der Waals surface area (Å²) in [5.74, 6) is 1.21. The van der Waals surface area contributed by atoms with Gasteiger partial charge in [-0.2, -0.15) is 0 Å². The van der Waals surface area contributed by atoms with Gasteiger partial charge in [0.15, 0.2) is 9.84 Å². The molecule has 0 saturated carbocycles. The van der Waals surface area contributed by atoms with E-state index in [4.69, 9.17) is 15.2 Å². The number of sulfone groups is 1. The molecule has 1 rings (SSSR count). The van der Waals surface area contributed by atoms with Gasteiger partial charge in [0.25, 0.3) is 0 Å². The summed E-state index contributed by atoms with van der Waals surface area (Å²) < 4.78 is 34.0. The Bertz CT molecular complexity index is 511. The maximum Gasteiger partial charge on any atom is 0.155 e. The third-order valence-electron chi connectivity index (χ3n) is 2.84. The van der Waals surface area contributed by atoms with Gasteiger partial charge in [-0.15, -0.1) is 0 Å². The molecule has 0 atom stereocenters. The van der Waals surface area contributed by atoms with Crippen LogP contribution in [0.3, 0.4) is 0 Å². The van der Waals surface area contributed by atoms with Crippen molar-refractivity contribution in [3.63, 3.8) is 0 Å². The zero-order valence-electron chi connectivity index (χ0n) is 11.5.